The summed E-state index contributed by atoms with van der Waals surface area (Å²) in [4.78, 5) is 31.4. The number of aromatic nitrogens is 2. The molecule has 0 bridgehead atoms. The second kappa shape index (κ2) is 10.1. The third-order valence-electron chi connectivity index (χ3n) is 5.69. The molecule has 3 heterocycles. The number of nitrogens with one attached hydrogen (secondary N) is 1. The maximum Gasteiger partial charge on any atom is 0.268 e. The van der Waals surface area contributed by atoms with Gasteiger partial charge in [0.05, 0.1) is 16.3 Å². The van der Waals surface area contributed by atoms with Gasteiger partial charge in [0.2, 0.25) is 12.7 Å². The molecule has 1 amide bonds. The Balaban J connectivity index is 1.26. The number of nitrogens with zero attached hydrogens (tertiary/aromatic N) is 2. The van der Waals surface area contributed by atoms with Gasteiger partial charge >= 0.3 is 0 Å². The molecule has 0 saturated carbocycles. The van der Waals surface area contributed by atoms with Crippen LogP contribution in [0, 0.1) is 0 Å². The van der Waals surface area contributed by atoms with Gasteiger partial charge in [0, 0.05) is 24.8 Å². The summed E-state index contributed by atoms with van der Waals surface area (Å²) in [5.41, 5.74) is 2.94. The van der Waals surface area contributed by atoms with Crippen LogP contribution in [-0.4, -0.2) is 33.3 Å². The van der Waals surface area contributed by atoms with Crippen LogP contribution in [0.3, 0.4) is 0 Å². The minimum absolute atomic E-state index is 0.00134. The van der Waals surface area contributed by atoms with E-state index >= 15 is 0 Å². The van der Waals surface area contributed by atoms with Gasteiger partial charge in [0.25, 0.3) is 5.56 Å². The largest absolute Gasteiger partial charge is 0.454 e. The van der Waals surface area contributed by atoms with Crippen LogP contribution in [0.25, 0.3) is 0 Å². The molecule has 9 heteroatoms. The molecule has 0 fully saturated rings. The van der Waals surface area contributed by atoms with Crippen molar-refractivity contribution in [3.8, 4) is 11.5 Å². The Morgan fingerprint density at radius 2 is 2.00 bits per heavy atom. The van der Waals surface area contributed by atoms with Gasteiger partial charge in [0.15, 0.2) is 16.7 Å². The standard InChI is InChI=1S/C25H25N3O4S2/c1-16-11-19-23(34-16)24(30)28(10-9-17-5-3-2-4-6-17)25(27-19)33-14-22(29)26-13-18-7-8-20-21(12-18)32-15-31-20/h2-8,12,16H,9-11,13-15H2,1H3,(H,26,29). The van der Waals surface area contributed by atoms with E-state index in [0.29, 0.717) is 35.0 Å². The monoisotopic (exact) mass is 495 g/mol. The Morgan fingerprint density at radius 3 is 2.85 bits per heavy atom. The number of carbonyl (C=O) groups is 1. The number of hydrogen-bond donors (Lipinski definition) is 1. The lowest BCUT2D eigenvalue weighted by Crippen LogP contribution is -2.28. The number of carbonyl (C=O) groups excluding carboxylic acids is 1. The van der Waals surface area contributed by atoms with Crippen LogP contribution >= 0.6 is 23.5 Å². The lowest BCUT2D eigenvalue weighted by Gasteiger charge is -2.14. The third-order valence-corrected chi connectivity index (χ3v) is 7.88. The van der Waals surface area contributed by atoms with Gasteiger partial charge < -0.3 is 14.8 Å². The topological polar surface area (TPSA) is 82.4 Å². The van der Waals surface area contributed by atoms with Crippen molar-refractivity contribution < 1.29 is 14.3 Å². The summed E-state index contributed by atoms with van der Waals surface area (Å²) in [7, 11) is 0. The molecule has 34 heavy (non-hydrogen) atoms. The van der Waals surface area contributed by atoms with E-state index in [1.807, 2.05) is 36.4 Å². The molecule has 1 N–H and O–H groups in total. The second-order valence-corrected chi connectivity index (χ2v) is 10.6. The highest BCUT2D eigenvalue weighted by Gasteiger charge is 2.26. The van der Waals surface area contributed by atoms with Crippen molar-refractivity contribution in [1.82, 2.24) is 14.9 Å². The number of hydrogen-bond acceptors (Lipinski definition) is 7. The van der Waals surface area contributed by atoms with Crippen molar-refractivity contribution in [2.45, 2.75) is 48.2 Å². The number of ether oxygens (including phenoxy) is 2. The van der Waals surface area contributed by atoms with Gasteiger partial charge in [-0.2, -0.15) is 0 Å². The molecule has 2 aliphatic rings. The summed E-state index contributed by atoms with van der Waals surface area (Å²) < 4.78 is 12.4. The minimum atomic E-state index is -0.116. The van der Waals surface area contributed by atoms with Crippen molar-refractivity contribution in [1.29, 1.82) is 0 Å². The zero-order valence-electron chi connectivity index (χ0n) is 18.8. The molecular weight excluding hydrogens is 470 g/mol. The van der Waals surface area contributed by atoms with Gasteiger partial charge in [0.1, 0.15) is 0 Å². The second-order valence-electron chi connectivity index (χ2n) is 8.25. The van der Waals surface area contributed by atoms with E-state index in [-0.39, 0.29) is 24.0 Å². The quantitative estimate of drug-likeness (QED) is 0.377. The number of benzene rings is 2. The zero-order valence-corrected chi connectivity index (χ0v) is 20.4. The maximum atomic E-state index is 13.3. The van der Waals surface area contributed by atoms with E-state index in [1.54, 1.807) is 16.3 Å². The summed E-state index contributed by atoms with van der Waals surface area (Å²) in [5.74, 6) is 1.48. The molecule has 2 aromatic carbocycles. The smallest absolute Gasteiger partial charge is 0.268 e. The SMILES string of the molecule is CC1Cc2nc(SCC(=O)NCc3ccc4c(c3)OCO4)n(CCc3ccccc3)c(=O)c2S1. The molecule has 0 radical (unpaired) electrons. The molecule has 1 atom stereocenters. The molecule has 0 spiro atoms. The molecule has 0 aliphatic carbocycles. The molecular formula is C25H25N3O4S2. The Hall–Kier alpha value is -2.91. The van der Waals surface area contributed by atoms with Crippen LogP contribution in [0.2, 0.25) is 0 Å². The van der Waals surface area contributed by atoms with Gasteiger partial charge in [-0.25, -0.2) is 4.98 Å². The highest BCUT2D eigenvalue weighted by atomic mass is 32.2. The molecule has 7 nitrogen and oxygen atoms in total. The van der Waals surface area contributed by atoms with E-state index in [2.05, 4.69) is 24.4 Å². The summed E-state index contributed by atoms with van der Waals surface area (Å²) in [6.07, 6.45) is 1.50. The predicted molar refractivity (Wildman–Crippen MR) is 133 cm³/mol. The fourth-order valence-electron chi connectivity index (χ4n) is 3.96. The van der Waals surface area contributed by atoms with Crippen LogP contribution in [0.15, 0.2) is 63.4 Å². The minimum Gasteiger partial charge on any atom is -0.454 e. The number of amides is 1. The number of fused-ring (bicyclic) bond motifs is 2. The first-order chi connectivity index (χ1) is 16.6. The van der Waals surface area contributed by atoms with E-state index in [4.69, 9.17) is 14.5 Å². The van der Waals surface area contributed by atoms with Crippen LogP contribution in [-0.2, 0) is 30.7 Å². The summed E-state index contributed by atoms with van der Waals surface area (Å²) in [6.45, 7) is 3.25. The Kier molecular flexibility index (Phi) is 6.82. The summed E-state index contributed by atoms with van der Waals surface area (Å²) in [6, 6.07) is 15.7. The third kappa shape index (κ3) is 5.10. The van der Waals surface area contributed by atoms with Gasteiger partial charge in [-0.3, -0.25) is 14.2 Å². The normalized spacial score (nSPS) is 15.9. The number of thioether (sulfide) groups is 2. The van der Waals surface area contributed by atoms with E-state index in [0.717, 1.165) is 34.6 Å². The van der Waals surface area contributed by atoms with E-state index in [1.165, 1.54) is 11.8 Å². The predicted octanol–water partition coefficient (Wildman–Crippen LogP) is 3.66. The van der Waals surface area contributed by atoms with Crippen LogP contribution < -0.4 is 20.3 Å². The Morgan fingerprint density at radius 1 is 1.18 bits per heavy atom. The molecule has 0 saturated heterocycles. The lowest BCUT2D eigenvalue weighted by atomic mass is 10.1. The number of rotatable bonds is 8. The van der Waals surface area contributed by atoms with Crippen molar-refractivity contribution in [3.63, 3.8) is 0 Å². The van der Waals surface area contributed by atoms with Gasteiger partial charge in [-0.15, -0.1) is 11.8 Å². The molecule has 5 rings (SSSR count). The van der Waals surface area contributed by atoms with Gasteiger partial charge in [-0.05, 0) is 29.7 Å². The van der Waals surface area contributed by atoms with Crippen molar-refractivity contribution in [2.75, 3.05) is 12.5 Å². The van der Waals surface area contributed by atoms with Crippen molar-refractivity contribution in [2.24, 2.45) is 0 Å². The molecule has 2 aliphatic heterocycles. The summed E-state index contributed by atoms with van der Waals surface area (Å²) in [5, 5.41) is 3.88. The molecule has 176 valence electrons. The van der Waals surface area contributed by atoms with Gasteiger partial charge in [-0.1, -0.05) is 55.1 Å². The first-order valence-corrected chi connectivity index (χ1v) is 13.1. The summed E-state index contributed by atoms with van der Waals surface area (Å²) >= 11 is 2.91. The lowest BCUT2D eigenvalue weighted by molar-refractivity contribution is -0.118. The number of aryl methyl sites for hydroxylation is 1. The Bertz CT molecular complexity index is 1260. The van der Waals surface area contributed by atoms with E-state index in [9.17, 15) is 9.59 Å². The van der Waals surface area contributed by atoms with Crippen LogP contribution in [0.4, 0.5) is 0 Å². The highest BCUT2D eigenvalue weighted by molar-refractivity contribution is 8.00. The Labute approximate surface area is 206 Å². The fourth-order valence-corrected chi connectivity index (χ4v) is 5.94. The maximum absolute atomic E-state index is 13.3. The van der Waals surface area contributed by atoms with Crippen LogP contribution in [0.5, 0.6) is 11.5 Å². The molecule has 1 aromatic heterocycles. The van der Waals surface area contributed by atoms with Crippen LogP contribution in [0.1, 0.15) is 23.7 Å². The average Bonchev–Trinajstić information content (AvgIpc) is 3.47. The van der Waals surface area contributed by atoms with Crippen molar-refractivity contribution >= 4 is 29.4 Å². The van der Waals surface area contributed by atoms with E-state index < -0.39 is 0 Å². The fraction of sp³-hybridized carbons (Fsp3) is 0.320. The zero-order chi connectivity index (χ0) is 23.5. The molecule has 3 aromatic rings. The highest BCUT2D eigenvalue weighted by Crippen LogP contribution is 2.34. The first-order valence-electron chi connectivity index (χ1n) is 11.2. The first kappa shape index (κ1) is 22.9. The molecule has 1 unspecified atom stereocenters. The average molecular weight is 496 g/mol. The van der Waals surface area contributed by atoms with Crippen molar-refractivity contribution in [3.05, 3.63) is 75.7 Å².